The summed E-state index contributed by atoms with van der Waals surface area (Å²) in [4.78, 5) is 51.7. The number of benzene rings is 2. The van der Waals surface area contributed by atoms with Gasteiger partial charge in [-0.15, -0.1) is 0 Å². The molecule has 0 radical (unpaired) electrons. The number of urea groups is 2. The number of aromatic nitrogens is 2. The standard InChI is InChI=1S/C34H41N7O4/c1-20-8-10-24(11-9-20)41-29(19-28(39-41)34(2,3)4)37-32(44)35-23-7-5-6-21(15-23)14-22-16-25-12-13-26(17-22)40(25)30(42)18-27-31(43)38-33(45)36-27/h5-11,15,19,22,25-27H,12-14,16-18H2,1-4H3,(H2,35,37,44)(H2,36,38,43,45). The molecular weight excluding hydrogens is 570 g/mol. The van der Waals surface area contributed by atoms with Crippen LogP contribution in [-0.2, 0) is 21.4 Å². The lowest BCUT2D eigenvalue weighted by Gasteiger charge is -2.39. The van der Waals surface area contributed by atoms with E-state index in [-0.39, 0.29) is 35.9 Å². The monoisotopic (exact) mass is 611 g/mol. The van der Waals surface area contributed by atoms with Crippen molar-refractivity contribution in [3.63, 3.8) is 0 Å². The average Bonchev–Trinajstić information content (AvgIpc) is 3.62. The van der Waals surface area contributed by atoms with E-state index in [4.69, 9.17) is 5.10 Å². The number of imide groups is 1. The van der Waals surface area contributed by atoms with Gasteiger partial charge in [0.25, 0.3) is 5.91 Å². The van der Waals surface area contributed by atoms with E-state index in [1.165, 1.54) is 0 Å². The number of carbonyl (C=O) groups excluding carboxylic acids is 4. The Morgan fingerprint density at radius 2 is 1.69 bits per heavy atom. The summed E-state index contributed by atoms with van der Waals surface area (Å²) >= 11 is 0. The Hall–Kier alpha value is -4.67. The number of amides is 6. The molecule has 4 N–H and O–H groups in total. The molecular formula is C34H41N7O4. The Morgan fingerprint density at radius 3 is 2.33 bits per heavy atom. The molecule has 6 rings (SSSR count). The van der Waals surface area contributed by atoms with Gasteiger partial charge in [0.1, 0.15) is 11.9 Å². The molecule has 3 aromatic rings. The summed E-state index contributed by atoms with van der Waals surface area (Å²) < 4.78 is 1.76. The molecule has 0 aliphatic carbocycles. The van der Waals surface area contributed by atoms with Crippen LogP contribution >= 0.6 is 0 Å². The molecule has 3 fully saturated rings. The van der Waals surface area contributed by atoms with Crippen molar-refractivity contribution >= 4 is 35.4 Å². The first kappa shape index (κ1) is 30.4. The van der Waals surface area contributed by atoms with Crippen LogP contribution in [0.5, 0.6) is 0 Å². The summed E-state index contributed by atoms with van der Waals surface area (Å²) in [5, 5.41) is 15.5. The molecule has 3 aliphatic rings. The maximum Gasteiger partial charge on any atom is 0.324 e. The van der Waals surface area contributed by atoms with Crippen LogP contribution in [0.1, 0.15) is 69.7 Å². The second-order valence-corrected chi connectivity index (χ2v) is 13.6. The van der Waals surface area contributed by atoms with E-state index in [1.54, 1.807) is 4.68 Å². The second kappa shape index (κ2) is 12.0. The summed E-state index contributed by atoms with van der Waals surface area (Å²) in [6.45, 7) is 8.31. The first-order chi connectivity index (χ1) is 21.4. The summed E-state index contributed by atoms with van der Waals surface area (Å²) in [7, 11) is 0. The van der Waals surface area contributed by atoms with Gasteiger partial charge in [-0.1, -0.05) is 50.6 Å². The zero-order chi connectivity index (χ0) is 31.9. The van der Waals surface area contributed by atoms with Crippen LogP contribution in [-0.4, -0.2) is 56.7 Å². The minimum atomic E-state index is -0.793. The molecule has 3 unspecified atom stereocenters. The van der Waals surface area contributed by atoms with Crippen molar-refractivity contribution in [3.8, 4) is 5.69 Å². The Balaban J connectivity index is 1.08. The fourth-order valence-corrected chi connectivity index (χ4v) is 6.85. The van der Waals surface area contributed by atoms with Gasteiger partial charge in [0, 0.05) is 29.3 Å². The van der Waals surface area contributed by atoms with E-state index < -0.39 is 18.0 Å². The van der Waals surface area contributed by atoms with Gasteiger partial charge in [-0.3, -0.25) is 20.2 Å². The number of hydrogen-bond donors (Lipinski definition) is 4. The first-order valence-electron chi connectivity index (χ1n) is 15.7. The second-order valence-electron chi connectivity index (χ2n) is 13.6. The minimum Gasteiger partial charge on any atom is -0.337 e. The third kappa shape index (κ3) is 6.72. The smallest absolute Gasteiger partial charge is 0.324 e. The number of fused-ring (bicyclic) bond motifs is 2. The van der Waals surface area contributed by atoms with Crippen LogP contribution in [0.2, 0.25) is 0 Å². The summed E-state index contributed by atoms with van der Waals surface area (Å²) in [5.74, 6) is 0.484. The minimum absolute atomic E-state index is 0.00561. The predicted octanol–water partition coefficient (Wildman–Crippen LogP) is 5.03. The van der Waals surface area contributed by atoms with Crippen molar-refractivity contribution < 1.29 is 19.2 Å². The van der Waals surface area contributed by atoms with Crippen molar-refractivity contribution in [2.45, 2.75) is 89.8 Å². The van der Waals surface area contributed by atoms with E-state index in [2.05, 4.69) is 48.1 Å². The third-order valence-corrected chi connectivity index (χ3v) is 9.06. The van der Waals surface area contributed by atoms with Crippen molar-refractivity contribution in [1.82, 2.24) is 25.3 Å². The molecule has 6 amide bonds. The summed E-state index contributed by atoms with van der Waals surface area (Å²) in [6.07, 6.45) is 4.53. The Bertz CT molecular complexity index is 1610. The molecule has 2 bridgehead atoms. The van der Waals surface area contributed by atoms with Gasteiger partial charge < -0.3 is 15.5 Å². The van der Waals surface area contributed by atoms with Gasteiger partial charge in [-0.25, -0.2) is 14.3 Å². The van der Waals surface area contributed by atoms with Crippen molar-refractivity contribution in [3.05, 3.63) is 71.4 Å². The maximum atomic E-state index is 13.2. The van der Waals surface area contributed by atoms with E-state index in [1.807, 2.05) is 60.4 Å². The largest absolute Gasteiger partial charge is 0.337 e. The van der Waals surface area contributed by atoms with E-state index in [0.717, 1.165) is 54.6 Å². The lowest BCUT2D eigenvalue weighted by Crippen LogP contribution is -2.49. The molecule has 3 atom stereocenters. The zero-order valence-electron chi connectivity index (χ0n) is 26.2. The maximum absolute atomic E-state index is 13.2. The number of nitrogens with zero attached hydrogens (tertiary/aromatic N) is 3. The third-order valence-electron chi connectivity index (χ3n) is 9.06. The normalized spacial score (nSPS) is 22.6. The van der Waals surface area contributed by atoms with Gasteiger partial charge in [-0.2, -0.15) is 5.10 Å². The number of aryl methyl sites for hydroxylation is 1. The highest BCUT2D eigenvalue weighted by Gasteiger charge is 2.44. The van der Waals surface area contributed by atoms with Crippen LogP contribution in [0.15, 0.2) is 54.6 Å². The molecule has 2 aromatic carbocycles. The number of piperidine rings is 1. The molecule has 11 nitrogen and oxygen atoms in total. The van der Waals surface area contributed by atoms with Crippen molar-refractivity contribution in [1.29, 1.82) is 0 Å². The van der Waals surface area contributed by atoms with Gasteiger partial charge in [-0.05, 0) is 74.8 Å². The van der Waals surface area contributed by atoms with Crippen LogP contribution < -0.4 is 21.3 Å². The lowest BCUT2D eigenvalue weighted by molar-refractivity contribution is -0.138. The number of carbonyl (C=O) groups is 4. The molecule has 1 aromatic heterocycles. The molecule has 3 saturated heterocycles. The number of rotatable bonds is 7. The summed E-state index contributed by atoms with van der Waals surface area (Å²) in [5.41, 5.74) is 4.53. The number of nitrogens with one attached hydrogen (secondary N) is 4. The quantitative estimate of drug-likeness (QED) is 0.278. The van der Waals surface area contributed by atoms with Crippen molar-refractivity contribution in [2.75, 3.05) is 10.6 Å². The molecule has 236 valence electrons. The van der Waals surface area contributed by atoms with Gasteiger partial charge >= 0.3 is 12.1 Å². The zero-order valence-corrected chi connectivity index (χ0v) is 26.2. The molecule has 11 heteroatoms. The fraction of sp³-hybridized carbons (Fsp3) is 0.441. The highest BCUT2D eigenvalue weighted by atomic mass is 16.2. The first-order valence-corrected chi connectivity index (χ1v) is 15.7. The van der Waals surface area contributed by atoms with Gasteiger partial charge in [0.15, 0.2) is 0 Å². The van der Waals surface area contributed by atoms with E-state index in [9.17, 15) is 19.2 Å². The van der Waals surface area contributed by atoms with E-state index >= 15 is 0 Å². The van der Waals surface area contributed by atoms with Crippen LogP contribution in [0.3, 0.4) is 0 Å². The van der Waals surface area contributed by atoms with E-state index in [0.29, 0.717) is 17.4 Å². The SMILES string of the molecule is Cc1ccc(-n2nc(C(C)(C)C)cc2NC(=O)Nc2cccc(CC3CC4CCC(C3)N4C(=O)CC3NC(=O)NC3=O)c2)cc1. The highest BCUT2D eigenvalue weighted by Crippen LogP contribution is 2.40. The molecule has 45 heavy (non-hydrogen) atoms. The lowest BCUT2D eigenvalue weighted by atomic mass is 9.85. The number of anilines is 2. The van der Waals surface area contributed by atoms with Crippen LogP contribution in [0.4, 0.5) is 21.1 Å². The van der Waals surface area contributed by atoms with Crippen LogP contribution in [0, 0.1) is 12.8 Å². The fourth-order valence-electron chi connectivity index (χ4n) is 6.85. The Labute approximate surface area is 263 Å². The highest BCUT2D eigenvalue weighted by molar-refractivity contribution is 6.05. The predicted molar refractivity (Wildman–Crippen MR) is 171 cm³/mol. The van der Waals surface area contributed by atoms with Crippen molar-refractivity contribution in [2.24, 2.45) is 5.92 Å². The molecule has 0 spiro atoms. The van der Waals surface area contributed by atoms with Gasteiger partial charge in [0.2, 0.25) is 5.91 Å². The summed E-state index contributed by atoms with van der Waals surface area (Å²) in [6, 6.07) is 16.5. The number of hydrogen-bond acceptors (Lipinski definition) is 5. The molecule has 4 heterocycles. The Kier molecular flexibility index (Phi) is 8.11. The Morgan fingerprint density at radius 1 is 0.978 bits per heavy atom. The van der Waals surface area contributed by atoms with Gasteiger partial charge in [0.05, 0.1) is 17.8 Å². The molecule has 0 saturated carbocycles. The average molecular weight is 612 g/mol. The topological polar surface area (TPSA) is 137 Å². The molecule has 3 aliphatic heterocycles. The van der Waals surface area contributed by atoms with Crippen LogP contribution in [0.25, 0.3) is 5.69 Å².